The van der Waals surface area contributed by atoms with Crippen molar-refractivity contribution in [2.24, 2.45) is 5.92 Å². The lowest BCUT2D eigenvalue weighted by molar-refractivity contribution is -0.125. The summed E-state index contributed by atoms with van der Waals surface area (Å²) >= 11 is 0. The first-order chi connectivity index (χ1) is 13.3. The highest BCUT2D eigenvalue weighted by atomic mass is 16.1. The van der Waals surface area contributed by atoms with Gasteiger partial charge in [-0.05, 0) is 12.8 Å². The van der Waals surface area contributed by atoms with E-state index in [0.29, 0.717) is 12.4 Å². The van der Waals surface area contributed by atoms with E-state index in [-0.39, 0.29) is 11.8 Å². The Kier molecular flexibility index (Phi) is 5.04. The average Bonchev–Trinajstić information content (AvgIpc) is 3.42. The molecule has 1 amide bonds. The molecule has 0 radical (unpaired) electrons. The first-order valence-corrected chi connectivity index (χ1v) is 8.96. The maximum atomic E-state index is 12.4. The number of carbonyl (C=O) groups excluding carboxylic acids is 1. The molecule has 1 aliphatic heterocycles. The second-order valence-electron chi connectivity index (χ2n) is 6.45. The molecule has 0 spiro atoms. The minimum absolute atomic E-state index is 0.0413. The number of carbonyl (C=O) groups is 1. The second kappa shape index (κ2) is 7.94. The van der Waals surface area contributed by atoms with Crippen LogP contribution in [-0.4, -0.2) is 60.2 Å². The van der Waals surface area contributed by atoms with Crippen LogP contribution in [0.25, 0.3) is 5.82 Å². The van der Waals surface area contributed by atoms with Gasteiger partial charge in [-0.15, -0.1) is 0 Å². The number of rotatable bonds is 6. The molecular formula is C17H21N9O. The molecule has 4 heterocycles. The third-order valence-electron chi connectivity index (χ3n) is 4.73. The highest BCUT2D eigenvalue weighted by Crippen LogP contribution is 2.22. The van der Waals surface area contributed by atoms with Crippen LogP contribution in [0.3, 0.4) is 0 Å². The van der Waals surface area contributed by atoms with Gasteiger partial charge in [-0.25, -0.2) is 24.6 Å². The van der Waals surface area contributed by atoms with Gasteiger partial charge in [0, 0.05) is 49.9 Å². The van der Waals surface area contributed by atoms with Crippen LogP contribution in [0.1, 0.15) is 18.5 Å². The molecular weight excluding hydrogens is 346 g/mol. The molecule has 0 saturated carbocycles. The molecule has 10 heteroatoms. The molecule has 27 heavy (non-hydrogen) atoms. The lowest BCUT2D eigenvalue weighted by atomic mass is 9.96. The van der Waals surface area contributed by atoms with Crippen LogP contribution in [0.2, 0.25) is 0 Å². The van der Waals surface area contributed by atoms with Crippen molar-refractivity contribution in [2.75, 3.05) is 24.5 Å². The van der Waals surface area contributed by atoms with Gasteiger partial charge in [0.25, 0.3) is 0 Å². The molecule has 0 aromatic carbocycles. The van der Waals surface area contributed by atoms with E-state index in [0.717, 1.165) is 43.9 Å². The Labute approximate surface area is 156 Å². The number of nitrogens with one attached hydrogen (secondary N) is 2. The van der Waals surface area contributed by atoms with Gasteiger partial charge in [0.05, 0.1) is 6.33 Å². The fraction of sp³-hybridized carbons (Fsp3) is 0.412. The quantitative estimate of drug-likeness (QED) is 0.646. The van der Waals surface area contributed by atoms with E-state index in [9.17, 15) is 4.79 Å². The number of hydrogen-bond donors (Lipinski definition) is 2. The van der Waals surface area contributed by atoms with Crippen LogP contribution < -0.4 is 10.2 Å². The first kappa shape index (κ1) is 17.1. The Hall–Kier alpha value is -3.30. The first-order valence-electron chi connectivity index (χ1n) is 8.96. The minimum Gasteiger partial charge on any atom is -0.356 e. The molecule has 2 N–H and O–H groups in total. The van der Waals surface area contributed by atoms with Gasteiger partial charge in [0.1, 0.15) is 24.8 Å². The Morgan fingerprint density at radius 3 is 2.78 bits per heavy atom. The van der Waals surface area contributed by atoms with Crippen molar-refractivity contribution in [3.63, 3.8) is 0 Å². The summed E-state index contributed by atoms with van der Waals surface area (Å²) < 4.78 is 1.60. The third-order valence-corrected chi connectivity index (χ3v) is 4.73. The molecule has 4 rings (SSSR count). The lowest BCUT2D eigenvalue weighted by Crippen LogP contribution is -2.41. The van der Waals surface area contributed by atoms with Gasteiger partial charge < -0.3 is 15.2 Å². The minimum atomic E-state index is 0.0413. The van der Waals surface area contributed by atoms with Crippen molar-refractivity contribution in [1.29, 1.82) is 0 Å². The monoisotopic (exact) mass is 367 g/mol. The summed E-state index contributed by atoms with van der Waals surface area (Å²) in [6.45, 7) is 2.19. The number of nitrogens with zero attached hydrogens (tertiary/aromatic N) is 7. The van der Waals surface area contributed by atoms with E-state index in [1.165, 1.54) is 12.7 Å². The van der Waals surface area contributed by atoms with E-state index in [1.807, 2.05) is 6.07 Å². The SMILES string of the molecule is O=C(NCCc1cnc[nH]1)C1CCN(c2cc(-n3cncn3)ncn2)CC1. The molecule has 1 aliphatic rings. The Balaban J connectivity index is 1.28. The summed E-state index contributed by atoms with van der Waals surface area (Å²) in [4.78, 5) is 34.1. The van der Waals surface area contributed by atoms with Crippen LogP contribution in [0, 0.1) is 5.92 Å². The van der Waals surface area contributed by atoms with Crippen LogP contribution in [0.5, 0.6) is 0 Å². The Morgan fingerprint density at radius 1 is 1.19 bits per heavy atom. The van der Waals surface area contributed by atoms with Crippen molar-refractivity contribution in [3.8, 4) is 5.82 Å². The molecule has 0 bridgehead atoms. The largest absolute Gasteiger partial charge is 0.356 e. The number of aromatic nitrogens is 7. The van der Waals surface area contributed by atoms with Gasteiger partial charge in [-0.2, -0.15) is 5.10 Å². The normalized spacial score (nSPS) is 15.0. The topological polar surface area (TPSA) is 118 Å². The van der Waals surface area contributed by atoms with E-state index in [2.05, 4.69) is 40.2 Å². The summed E-state index contributed by atoms with van der Waals surface area (Å²) in [6.07, 6.45) is 10.4. The summed E-state index contributed by atoms with van der Waals surface area (Å²) in [6, 6.07) is 1.89. The summed E-state index contributed by atoms with van der Waals surface area (Å²) in [5.41, 5.74) is 1.03. The fourth-order valence-electron chi connectivity index (χ4n) is 3.22. The van der Waals surface area contributed by atoms with Gasteiger partial charge >= 0.3 is 0 Å². The highest BCUT2D eigenvalue weighted by molar-refractivity contribution is 5.79. The van der Waals surface area contributed by atoms with Crippen LogP contribution >= 0.6 is 0 Å². The smallest absolute Gasteiger partial charge is 0.223 e. The number of H-pyrrole nitrogens is 1. The molecule has 10 nitrogen and oxygen atoms in total. The van der Waals surface area contributed by atoms with Gasteiger partial charge in [0.15, 0.2) is 5.82 Å². The fourth-order valence-corrected chi connectivity index (χ4v) is 3.22. The number of amides is 1. The molecule has 0 atom stereocenters. The van der Waals surface area contributed by atoms with Crippen molar-refractivity contribution in [2.45, 2.75) is 19.3 Å². The molecule has 3 aromatic heterocycles. The van der Waals surface area contributed by atoms with Crippen LogP contribution in [0.4, 0.5) is 5.82 Å². The molecule has 1 saturated heterocycles. The average molecular weight is 367 g/mol. The van der Waals surface area contributed by atoms with Crippen LogP contribution in [-0.2, 0) is 11.2 Å². The van der Waals surface area contributed by atoms with Gasteiger partial charge in [-0.3, -0.25) is 4.79 Å². The predicted molar refractivity (Wildman–Crippen MR) is 97.2 cm³/mol. The lowest BCUT2D eigenvalue weighted by Gasteiger charge is -2.32. The highest BCUT2D eigenvalue weighted by Gasteiger charge is 2.25. The van der Waals surface area contributed by atoms with Crippen molar-refractivity contribution >= 4 is 11.7 Å². The van der Waals surface area contributed by atoms with E-state index >= 15 is 0 Å². The molecule has 0 unspecified atom stereocenters. The van der Waals surface area contributed by atoms with Crippen molar-refractivity contribution in [3.05, 3.63) is 43.3 Å². The van der Waals surface area contributed by atoms with E-state index in [1.54, 1.807) is 23.5 Å². The summed E-state index contributed by atoms with van der Waals surface area (Å²) in [7, 11) is 0. The Morgan fingerprint density at radius 2 is 2.04 bits per heavy atom. The predicted octanol–water partition coefficient (Wildman–Crippen LogP) is 0.356. The van der Waals surface area contributed by atoms with Gasteiger partial charge in [0.2, 0.25) is 5.91 Å². The number of anilines is 1. The number of piperidine rings is 1. The van der Waals surface area contributed by atoms with E-state index < -0.39 is 0 Å². The number of imidazole rings is 1. The molecule has 3 aromatic rings. The summed E-state index contributed by atoms with van der Waals surface area (Å²) in [5, 5.41) is 7.12. The van der Waals surface area contributed by atoms with Crippen LogP contribution in [0.15, 0.2) is 37.6 Å². The van der Waals surface area contributed by atoms with Crippen molar-refractivity contribution < 1.29 is 4.79 Å². The number of hydrogen-bond acceptors (Lipinski definition) is 7. The Bertz CT molecular complexity index is 854. The number of aromatic amines is 1. The maximum Gasteiger partial charge on any atom is 0.223 e. The molecule has 0 aliphatic carbocycles. The third kappa shape index (κ3) is 4.10. The summed E-state index contributed by atoms with van der Waals surface area (Å²) in [5.74, 6) is 1.68. The zero-order valence-electron chi connectivity index (χ0n) is 14.8. The second-order valence-corrected chi connectivity index (χ2v) is 6.45. The van der Waals surface area contributed by atoms with Crippen molar-refractivity contribution in [1.82, 2.24) is 40.0 Å². The molecule has 1 fully saturated rings. The zero-order chi connectivity index (χ0) is 18.5. The zero-order valence-corrected chi connectivity index (χ0v) is 14.8. The van der Waals surface area contributed by atoms with Gasteiger partial charge in [-0.1, -0.05) is 0 Å². The maximum absolute atomic E-state index is 12.4. The molecule has 140 valence electrons. The standard InChI is InChI=1S/C17H21N9O/c27-17(20-4-1-14-8-18-9-21-14)13-2-5-25(6-3-13)15-7-16(23-11-22-15)26-12-19-10-24-26/h7-13H,1-6H2,(H,18,21)(H,20,27). The van der Waals surface area contributed by atoms with E-state index in [4.69, 9.17) is 0 Å².